The van der Waals surface area contributed by atoms with Gasteiger partial charge in [-0.3, -0.25) is 0 Å². The molecule has 0 aliphatic rings. The van der Waals surface area contributed by atoms with E-state index < -0.39 is 0 Å². The average Bonchev–Trinajstić information content (AvgIpc) is 2.95. The molecule has 1 heterocycles. The lowest BCUT2D eigenvalue weighted by Crippen LogP contribution is -2.33. The molecule has 0 radical (unpaired) electrons. The molecule has 0 aliphatic carbocycles. The van der Waals surface area contributed by atoms with Crippen LogP contribution in [0.4, 0.5) is 10.1 Å². The van der Waals surface area contributed by atoms with Crippen molar-refractivity contribution >= 4 is 5.69 Å². The van der Waals surface area contributed by atoms with Crippen molar-refractivity contribution in [3.8, 4) is 11.4 Å². The van der Waals surface area contributed by atoms with E-state index in [9.17, 15) is 4.39 Å². The highest BCUT2D eigenvalue weighted by atomic mass is 19.1. The fourth-order valence-corrected chi connectivity index (χ4v) is 2.83. The van der Waals surface area contributed by atoms with Gasteiger partial charge in [0.25, 0.3) is 0 Å². The second-order valence-corrected chi connectivity index (χ2v) is 5.40. The molecule has 0 aliphatic heterocycles. The third-order valence-corrected chi connectivity index (χ3v) is 4.41. The lowest BCUT2D eigenvalue weighted by atomic mass is 9.89. The molecule has 114 valence electrons. The zero-order valence-electron chi connectivity index (χ0n) is 13.0. The van der Waals surface area contributed by atoms with E-state index in [1.54, 1.807) is 23.7 Å². The molecular weight excluding hydrogens is 269 g/mol. The maximum absolute atomic E-state index is 14.5. The van der Waals surface area contributed by atoms with Gasteiger partial charge < -0.3 is 5.73 Å². The molecule has 0 fully saturated rings. The average molecular weight is 291 g/mol. The summed E-state index contributed by atoms with van der Waals surface area (Å²) < 4.78 is 16.2. The number of halogens is 1. The van der Waals surface area contributed by atoms with Gasteiger partial charge in [-0.05, 0) is 54.3 Å². The monoisotopic (exact) mass is 291 g/mol. The number of nitrogens with zero attached hydrogens (tertiary/aromatic N) is 4. The van der Waals surface area contributed by atoms with E-state index in [0.717, 1.165) is 19.3 Å². The lowest BCUT2D eigenvalue weighted by molar-refractivity contribution is 0.223. The van der Waals surface area contributed by atoms with E-state index in [2.05, 4.69) is 36.3 Å². The summed E-state index contributed by atoms with van der Waals surface area (Å²) in [6, 6.07) is 3.20. The molecule has 0 unspecified atom stereocenters. The fourth-order valence-electron chi connectivity index (χ4n) is 2.83. The lowest BCUT2D eigenvalue weighted by Gasteiger charge is -2.31. The summed E-state index contributed by atoms with van der Waals surface area (Å²) in [6.07, 6.45) is 2.63. The van der Waals surface area contributed by atoms with E-state index in [1.807, 2.05) is 0 Å². The van der Waals surface area contributed by atoms with Crippen LogP contribution in [0.2, 0.25) is 0 Å². The third kappa shape index (κ3) is 2.50. The largest absolute Gasteiger partial charge is 0.399 e. The number of aromatic nitrogens is 4. The second kappa shape index (κ2) is 5.79. The quantitative estimate of drug-likeness (QED) is 0.858. The Morgan fingerprint density at radius 3 is 2.38 bits per heavy atom. The van der Waals surface area contributed by atoms with E-state index in [1.165, 1.54) is 0 Å². The number of aryl methyl sites for hydroxylation is 1. The smallest absolute Gasteiger partial charge is 0.185 e. The summed E-state index contributed by atoms with van der Waals surface area (Å²) >= 11 is 0. The molecule has 0 saturated heterocycles. The first-order valence-corrected chi connectivity index (χ1v) is 7.34. The summed E-state index contributed by atoms with van der Waals surface area (Å²) in [6.45, 7) is 7.98. The van der Waals surface area contributed by atoms with Gasteiger partial charge in [0.15, 0.2) is 5.82 Å². The second-order valence-electron chi connectivity index (χ2n) is 5.40. The van der Waals surface area contributed by atoms with Crippen molar-refractivity contribution in [3.05, 3.63) is 23.5 Å². The molecule has 5 nitrogen and oxygen atoms in total. The molecule has 2 aromatic rings. The minimum Gasteiger partial charge on any atom is -0.399 e. The van der Waals surface area contributed by atoms with Gasteiger partial charge in [0, 0.05) is 5.69 Å². The van der Waals surface area contributed by atoms with Crippen LogP contribution in [-0.2, 0) is 5.54 Å². The van der Waals surface area contributed by atoms with Crippen molar-refractivity contribution < 1.29 is 4.39 Å². The van der Waals surface area contributed by atoms with Crippen LogP contribution >= 0.6 is 0 Å². The number of hydrogen-bond donors (Lipinski definition) is 1. The molecule has 0 saturated carbocycles. The third-order valence-electron chi connectivity index (χ3n) is 4.41. The van der Waals surface area contributed by atoms with Crippen molar-refractivity contribution in [1.82, 2.24) is 20.2 Å². The van der Waals surface area contributed by atoms with Crippen LogP contribution < -0.4 is 5.73 Å². The highest BCUT2D eigenvalue weighted by molar-refractivity contribution is 5.63. The number of tetrazole rings is 1. The van der Waals surface area contributed by atoms with Crippen molar-refractivity contribution in [1.29, 1.82) is 0 Å². The molecule has 2 rings (SSSR count). The normalized spacial score (nSPS) is 11.9. The Labute approximate surface area is 124 Å². The molecule has 21 heavy (non-hydrogen) atoms. The van der Waals surface area contributed by atoms with Crippen molar-refractivity contribution in [2.24, 2.45) is 0 Å². The van der Waals surface area contributed by atoms with Gasteiger partial charge in [0.05, 0.1) is 11.1 Å². The van der Waals surface area contributed by atoms with Gasteiger partial charge in [0.1, 0.15) is 5.82 Å². The predicted molar refractivity (Wildman–Crippen MR) is 81.2 cm³/mol. The predicted octanol–water partition coefficient (Wildman–Crippen LogP) is 3.30. The summed E-state index contributed by atoms with van der Waals surface area (Å²) in [5.41, 5.74) is 7.00. The highest BCUT2D eigenvalue weighted by Gasteiger charge is 2.31. The maximum Gasteiger partial charge on any atom is 0.185 e. The number of benzene rings is 1. The maximum atomic E-state index is 14.5. The number of rotatable bonds is 5. The van der Waals surface area contributed by atoms with E-state index >= 15 is 0 Å². The Morgan fingerprint density at radius 2 is 1.81 bits per heavy atom. The summed E-state index contributed by atoms with van der Waals surface area (Å²) in [7, 11) is 0. The van der Waals surface area contributed by atoms with Crippen LogP contribution in [0.15, 0.2) is 12.1 Å². The van der Waals surface area contributed by atoms with Gasteiger partial charge in [-0.25, -0.2) is 9.07 Å². The van der Waals surface area contributed by atoms with Crippen LogP contribution in [0.5, 0.6) is 0 Å². The minimum absolute atomic E-state index is 0.205. The standard InChI is InChI=1S/C15H22FN5/c1-5-15(6-2,7-3)21-14(18-19-20-21)12-9-11(17)8-10(4)13(12)16/h8-9H,5-7,17H2,1-4H3. The Balaban J connectivity index is 2.66. The molecule has 1 aromatic carbocycles. The fraction of sp³-hybridized carbons (Fsp3) is 0.533. The highest BCUT2D eigenvalue weighted by Crippen LogP contribution is 2.34. The van der Waals surface area contributed by atoms with Crippen LogP contribution in [0.1, 0.15) is 45.6 Å². The summed E-state index contributed by atoms with van der Waals surface area (Å²) in [4.78, 5) is 0. The Bertz CT molecular complexity index is 623. The van der Waals surface area contributed by atoms with Gasteiger partial charge in [-0.15, -0.1) is 5.10 Å². The number of nitrogen functional groups attached to an aromatic ring is 1. The van der Waals surface area contributed by atoms with Crippen molar-refractivity contribution in [2.45, 2.75) is 52.5 Å². The zero-order chi connectivity index (χ0) is 15.6. The molecule has 0 amide bonds. The SMILES string of the molecule is CCC(CC)(CC)n1nnnc1-c1cc(N)cc(C)c1F. The van der Waals surface area contributed by atoms with Crippen LogP contribution in [0, 0.1) is 12.7 Å². The number of hydrogen-bond acceptors (Lipinski definition) is 4. The van der Waals surface area contributed by atoms with E-state index in [4.69, 9.17) is 5.73 Å². The van der Waals surface area contributed by atoms with Crippen LogP contribution in [-0.4, -0.2) is 20.2 Å². The number of anilines is 1. The van der Waals surface area contributed by atoms with Crippen molar-refractivity contribution in [2.75, 3.05) is 5.73 Å². The van der Waals surface area contributed by atoms with Crippen LogP contribution in [0.25, 0.3) is 11.4 Å². The van der Waals surface area contributed by atoms with Crippen molar-refractivity contribution in [3.63, 3.8) is 0 Å². The molecule has 0 bridgehead atoms. The molecule has 0 spiro atoms. The molecular formula is C15H22FN5. The Kier molecular flexibility index (Phi) is 4.25. The summed E-state index contributed by atoms with van der Waals surface area (Å²) in [5.74, 6) is 0.117. The molecule has 0 atom stereocenters. The minimum atomic E-state index is -0.322. The first-order valence-electron chi connectivity index (χ1n) is 7.34. The zero-order valence-corrected chi connectivity index (χ0v) is 13.0. The summed E-state index contributed by atoms with van der Waals surface area (Å²) in [5, 5.41) is 11.9. The van der Waals surface area contributed by atoms with Gasteiger partial charge >= 0.3 is 0 Å². The molecule has 2 N–H and O–H groups in total. The van der Waals surface area contributed by atoms with Crippen LogP contribution in [0.3, 0.4) is 0 Å². The first-order chi connectivity index (χ1) is 9.99. The number of nitrogens with two attached hydrogens (primary N) is 1. The van der Waals surface area contributed by atoms with Gasteiger partial charge in [-0.1, -0.05) is 20.8 Å². The topological polar surface area (TPSA) is 69.6 Å². The van der Waals surface area contributed by atoms with E-state index in [0.29, 0.717) is 22.6 Å². The van der Waals surface area contributed by atoms with Gasteiger partial charge in [-0.2, -0.15) is 0 Å². The molecule has 6 heteroatoms. The Morgan fingerprint density at radius 1 is 1.19 bits per heavy atom. The van der Waals surface area contributed by atoms with Gasteiger partial charge in [0.2, 0.25) is 0 Å². The Hall–Kier alpha value is -1.98. The van der Waals surface area contributed by atoms with E-state index in [-0.39, 0.29) is 11.4 Å². The molecule has 1 aromatic heterocycles. The first kappa shape index (κ1) is 15.4.